The van der Waals surface area contributed by atoms with Crippen LogP contribution in [0.2, 0.25) is 0 Å². The Bertz CT molecular complexity index is 813. The first-order chi connectivity index (χ1) is 11.6. The Morgan fingerprint density at radius 1 is 1.29 bits per heavy atom. The van der Waals surface area contributed by atoms with E-state index in [0.717, 1.165) is 36.2 Å². The topological polar surface area (TPSA) is 75.4 Å². The fourth-order valence-electron chi connectivity index (χ4n) is 3.93. The van der Waals surface area contributed by atoms with Crippen LogP contribution in [0, 0.1) is 11.8 Å². The van der Waals surface area contributed by atoms with Gasteiger partial charge in [0.15, 0.2) is 0 Å². The summed E-state index contributed by atoms with van der Waals surface area (Å²) >= 11 is 0. The number of carboxylic acid groups (broad SMARTS) is 1. The van der Waals surface area contributed by atoms with E-state index in [1.54, 1.807) is 0 Å². The number of aliphatic carboxylic acids is 1. The Labute approximate surface area is 140 Å². The number of rotatable bonds is 4. The summed E-state index contributed by atoms with van der Waals surface area (Å²) in [6.07, 6.45) is 2.30. The van der Waals surface area contributed by atoms with E-state index in [1.807, 2.05) is 23.1 Å². The van der Waals surface area contributed by atoms with Crippen molar-refractivity contribution in [2.75, 3.05) is 6.54 Å². The lowest BCUT2D eigenvalue weighted by Gasteiger charge is -2.25. The third-order valence-electron chi connectivity index (χ3n) is 5.26. The Morgan fingerprint density at radius 2 is 2.08 bits per heavy atom. The second kappa shape index (κ2) is 5.61. The molecule has 3 unspecified atom stereocenters. The van der Waals surface area contributed by atoms with E-state index in [2.05, 4.69) is 17.6 Å². The van der Waals surface area contributed by atoms with Crippen molar-refractivity contribution in [3.05, 3.63) is 30.1 Å². The highest BCUT2D eigenvalue weighted by atomic mass is 16.4. The van der Waals surface area contributed by atoms with Crippen LogP contribution in [0.3, 0.4) is 0 Å². The normalized spacial score (nSPS) is 26.0. The van der Waals surface area contributed by atoms with Gasteiger partial charge in [0.1, 0.15) is 5.82 Å². The fraction of sp³-hybridized carbons (Fsp3) is 0.500. The predicted octanol–water partition coefficient (Wildman–Crippen LogP) is 2.44. The summed E-state index contributed by atoms with van der Waals surface area (Å²) in [6.45, 7) is 3.58. The molecule has 1 aromatic heterocycles. The van der Waals surface area contributed by atoms with Gasteiger partial charge in [-0.3, -0.25) is 9.59 Å². The van der Waals surface area contributed by atoms with Crippen molar-refractivity contribution in [3.8, 4) is 0 Å². The van der Waals surface area contributed by atoms with E-state index < -0.39 is 11.9 Å². The number of benzene rings is 1. The van der Waals surface area contributed by atoms with Gasteiger partial charge in [0.25, 0.3) is 0 Å². The van der Waals surface area contributed by atoms with Crippen LogP contribution in [0.5, 0.6) is 0 Å². The zero-order valence-corrected chi connectivity index (χ0v) is 13.7. The Morgan fingerprint density at radius 3 is 2.79 bits per heavy atom. The lowest BCUT2D eigenvalue weighted by Crippen LogP contribution is -2.34. The average Bonchev–Trinajstić information content (AvgIpc) is 3.10. The van der Waals surface area contributed by atoms with Crippen LogP contribution in [-0.2, 0) is 16.1 Å². The van der Waals surface area contributed by atoms with Gasteiger partial charge in [-0.05, 0) is 38.3 Å². The molecule has 6 heteroatoms. The van der Waals surface area contributed by atoms with Crippen LogP contribution in [0.1, 0.15) is 38.1 Å². The zero-order valence-electron chi connectivity index (χ0n) is 13.7. The van der Waals surface area contributed by atoms with Gasteiger partial charge in [-0.25, -0.2) is 4.98 Å². The van der Waals surface area contributed by atoms with Crippen LogP contribution in [-0.4, -0.2) is 38.0 Å². The highest BCUT2D eigenvalue weighted by molar-refractivity contribution is 5.90. The van der Waals surface area contributed by atoms with Gasteiger partial charge < -0.3 is 14.6 Å². The summed E-state index contributed by atoms with van der Waals surface area (Å²) in [6, 6.07) is 7.97. The van der Waals surface area contributed by atoms with Gasteiger partial charge in [0.2, 0.25) is 5.91 Å². The number of hydrogen-bond acceptors (Lipinski definition) is 3. The molecule has 2 fully saturated rings. The molecule has 1 saturated carbocycles. The minimum Gasteiger partial charge on any atom is -0.481 e. The summed E-state index contributed by atoms with van der Waals surface area (Å²) in [7, 11) is 0. The Kier molecular flexibility index (Phi) is 3.55. The summed E-state index contributed by atoms with van der Waals surface area (Å²) in [5.74, 6) is -0.784. The molecule has 2 heterocycles. The lowest BCUT2D eigenvalue weighted by atomic mass is 10.2. The molecule has 126 valence electrons. The molecule has 1 aliphatic heterocycles. The molecule has 4 rings (SSSR count). The maximum absolute atomic E-state index is 12.7. The zero-order chi connectivity index (χ0) is 16.8. The van der Waals surface area contributed by atoms with Crippen LogP contribution in [0.4, 0.5) is 0 Å². The van der Waals surface area contributed by atoms with Gasteiger partial charge in [0.05, 0.1) is 28.9 Å². The fourth-order valence-corrected chi connectivity index (χ4v) is 3.93. The number of carboxylic acids is 1. The van der Waals surface area contributed by atoms with Crippen molar-refractivity contribution in [2.24, 2.45) is 11.8 Å². The summed E-state index contributed by atoms with van der Waals surface area (Å²) < 4.78 is 2.17. The molecule has 6 nitrogen and oxygen atoms in total. The number of aromatic nitrogens is 2. The van der Waals surface area contributed by atoms with Crippen LogP contribution >= 0.6 is 0 Å². The number of amides is 1. The molecule has 1 amide bonds. The van der Waals surface area contributed by atoms with E-state index in [0.29, 0.717) is 13.0 Å². The first-order valence-corrected chi connectivity index (χ1v) is 8.60. The number of carbonyl (C=O) groups excluding carboxylic acids is 1. The second-order valence-electron chi connectivity index (χ2n) is 6.68. The number of para-hydroxylation sites is 2. The molecule has 1 aromatic carbocycles. The number of likely N-dealkylation sites (tertiary alicyclic amines) is 1. The van der Waals surface area contributed by atoms with E-state index >= 15 is 0 Å². The first-order valence-electron chi connectivity index (χ1n) is 8.60. The van der Waals surface area contributed by atoms with Gasteiger partial charge in [-0.15, -0.1) is 0 Å². The molecule has 3 atom stereocenters. The largest absolute Gasteiger partial charge is 0.481 e. The number of nitrogens with zero attached hydrogens (tertiary/aromatic N) is 3. The average molecular weight is 327 g/mol. The van der Waals surface area contributed by atoms with Crippen LogP contribution in [0.25, 0.3) is 11.0 Å². The Balaban J connectivity index is 1.66. The van der Waals surface area contributed by atoms with Crippen LogP contribution < -0.4 is 0 Å². The van der Waals surface area contributed by atoms with Crippen molar-refractivity contribution in [1.82, 2.24) is 14.5 Å². The lowest BCUT2D eigenvalue weighted by molar-refractivity contribution is -0.142. The number of hydrogen-bond donors (Lipinski definition) is 1. The van der Waals surface area contributed by atoms with Crippen molar-refractivity contribution in [1.29, 1.82) is 0 Å². The molecule has 1 N–H and O–H groups in total. The van der Waals surface area contributed by atoms with Crippen molar-refractivity contribution in [3.63, 3.8) is 0 Å². The van der Waals surface area contributed by atoms with Crippen molar-refractivity contribution < 1.29 is 14.7 Å². The minimum atomic E-state index is -0.857. The molecular weight excluding hydrogens is 306 g/mol. The maximum Gasteiger partial charge on any atom is 0.307 e. The van der Waals surface area contributed by atoms with Gasteiger partial charge in [-0.1, -0.05) is 12.1 Å². The van der Waals surface area contributed by atoms with Crippen molar-refractivity contribution in [2.45, 2.75) is 38.8 Å². The van der Waals surface area contributed by atoms with E-state index in [9.17, 15) is 9.59 Å². The van der Waals surface area contributed by atoms with Gasteiger partial charge in [0, 0.05) is 13.1 Å². The van der Waals surface area contributed by atoms with E-state index in [-0.39, 0.29) is 17.9 Å². The molecule has 0 bridgehead atoms. The summed E-state index contributed by atoms with van der Waals surface area (Å²) in [5, 5.41) is 9.09. The maximum atomic E-state index is 12.7. The second-order valence-corrected chi connectivity index (χ2v) is 6.68. The molecule has 24 heavy (non-hydrogen) atoms. The Hall–Kier alpha value is -2.37. The molecule has 2 aromatic rings. The third-order valence-corrected chi connectivity index (χ3v) is 5.26. The standard InChI is InChI=1S/C18H21N3O3/c1-2-20-14-7-4-3-6-13(14)19-16(20)15-8-5-9-21(15)17(22)11-10-12(11)18(23)24/h3-4,6-7,11-12,15H,2,5,8-10H2,1H3,(H,23,24). The van der Waals surface area contributed by atoms with Crippen LogP contribution in [0.15, 0.2) is 24.3 Å². The molecule has 1 saturated heterocycles. The number of fused-ring (bicyclic) bond motifs is 1. The first kappa shape index (κ1) is 15.2. The van der Waals surface area contributed by atoms with Gasteiger partial charge in [-0.2, -0.15) is 0 Å². The van der Waals surface area contributed by atoms with E-state index in [1.165, 1.54) is 0 Å². The number of imidazole rings is 1. The molecule has 0 radical (unpaired) electrons. The third kappa shape index (κ3) is 2.28. The predicted molar refractivity (Wildman–Crippen MR) is 88.3 cm³/mol. The molecule has 1 aliphatic carbocycles. The summed E-state index contributed by atoms with van der Waals surface area (Å²) in [4.78, 5) is 30.5. The highest BCUT2D eigenvalue weighted by Gasteiger charge is 2.51. The highest BCUT2D eigenvalue weighted by Crippen LogP contribution is 2.43. The smallest absolute Gasteiger partial charge is 0.307 e. The molecule has 0 spiro atoms. The monoisotopic (exact) mass is 327 g/mol. The molecule has 2 aliphatic rings. The SMILES string of the molecule is CCn1c(C2CCCN2C(=O)C2CC2C(=O)O)nc2ccccc21. The summed E-state index contributed by atoms with van der Waals surface area (Å²) in [5.41, 5.74) is 2.03. The van der Waals surface area contributed by atoms with E-state index in [4.69, 9.17) is 10.1 Å². The number of carbonyl (C=O) groups is 2. The number of aryl methyl sites for hydroxylation is 1. The van der Waals surface area contributed by atoms with Crippen molar-refractivity contribution >= 4 is 22.9 Å². The molecular formula is C18H21N3O3. The minimum absolute atomic E-state index is 0.0143. The quantitative estimate of drug-likeness (QED) is 0.936. The van der Waals surface area contributed by atoms with Gasteiger partial charge >= 0.3 is 5.97 Å².